The van der Waals surface area contributed by atoms with Gasteiger partial charge in [-0.2, -0.15) is 0 Å². The number of hydrogen-bond acceptors (Lipinski definition) is 3. The molecule has 0 aliphatic carbocycles. The van der Waals surface area contributed by atoms with E-state index in [9.17, 15) is 4.79 Å². The SMILES string of the molecule is CC(C)c1cccc(C(C)C)c1NC(=O)CSc1nccn1C. The Bertz CT molecular complexity index is 650. The van der Waals surface area contributed by atoms with E-state index in [1.165, 1.54) is 22.9 Å². The van der Waals surface area contributed by atoms with Gasteiger partial charge in [0, 0.05) is 25.1 Å². The van der Waals surface area contributed by atoms with Crippen molar-refractivity contribution in [3.8, 4) is 0 Å². The molecule has 23 heavy (non-hydrogen) atoms. The number of aryl methyl sites for hydroxylation is 1. The average Bonchev–Trinajstić information content (AvgIpc) is 2.90. The number of aromatic nitrogens is 2. The largest absolute Gasteiger partial charge is 0.329 e. The van der Waals surface area contributed by atoms with Crippen LogP contribution in [0.15, 0.2) is 35.7 Å². The second-order valence-electron chi connectivity index (χ2n) is 6.28. The fourth-order valence-corrected chi connectivity index (χ4v) is 3.22. The molecule has 0 bridgehead atoms. The Morgan fingerprint density at radius 1 is 1.22 bits per heavy atom. The van der Waals surface area contributed by atoms with Gasteiger partial charge in [-0.15, -0.1) is 0 Å². The second kappa shape index (κ2) is 7.68. The Morgan fingerprint density at radius 2 is 1.83 bits per heavy atom. The number of imidazole rings is 1. The lowest BCUT2D eigenvalue weighted by Crippen LogP contribution is -2.18. The Morgan fingerprint density at radius 3 is 2.30 bits per heavy atom. The zero-order chi connectivity index (χ0) is 17.0. The predicted molar refractivity (Wildman–Crippen MR) is 97.2 cm³/mol. The van der Waals surface area contributed by atoms with Crippen molar-refractivity contribution < 1.29 is 4.79 Å². The first-order valence-electron chi connectivity index (χ1n) is 7.93. The first kappa shape index (κ1) is 17.6. The van der Waals surface area contributed by atoms with E-state index in [0.717, 1.165) is 10.8 Å². The van der Waals surface area contributed by atoms with Gasteiger partial charge < -0.3 is 9.88 Å². The molecular weight excluding hydrogens is 306 g/mol. The van der Waals surface area contributed by atoms with E-state index in [4.69, 9.17) is 0 Å². The van der Waals surface area contributed by atoms with Crippen LogP contribution in [-0.4, -0.2) is 21.2 Å². The third-order valence-electron chi connectivity index (χ3n) is 3.75. The molecule has 0 spiro atoms. The Balaban J connectivity index is 2.14. The molecule has 1 aromatic carbocycles. The van der Waals surface area contributed by atoms with Crippen molar-refractivity contribution >= 4 is 23.4 Å². The standard InChI is InChI=1S/C18H25N3OS/c1-12(2)14-7-6-8-15(13(3)4)17(14)20-16(22)11-23-18-19-9-10-21(18)5/h6-10,12-13H,11H2,1-5H3,(H,20,22). The van der Waals surface area contributed by atoms with Crippen LogP contribution in [0, 0.1) is 0 Å². The molecule has 0 unspecified atom stereocenters. The zero-order valence-electron chi connectivity index (χ0n) is 14.5. The number of nitrogens with one attached hydrogen (secondary N) is 1. The molecule has 0 aliphatic rings. The van der Waals surface area contributed by atoms with Gasteiger partial charge in [0.05, 0.1) is 5.75 Å². The third kappa shape index (κ3) is 4.38. The number of nitrogens with zero attached hydrogens (tertiary/aromatic N) is 2. The van der Waals surface area contributed by atoms with Gasteiger partial charge in [-0.25, -0.2) is 4.98 Å². The van der Waals surface area contributed by atoms with Crippen LogP contribution in [0.25, 0.3) is 0 Å². The zero-order valence-corrected chi connectivity index (χ0v) is 15.3. The van der Waals surface area contributed by atoms with Crippen LogP contribution < -0.4 is 5.32 Å². The summed E-state index contributed by atoms with van der Waals surface area (Å²) in [6.07, 6.45) is 3.62. The molecule has 5 heteroatoms. The van der Waals surface area contributed by atoms with Crippen molar-refractivity contribution in [1.29, 1.82) is 0 Å². The van der Waals surface area contributed by atoms with Crippen molar-refractivity contribution in [2.24, 2.45) is 7.05 Å². The van der Waals surface area contributed by atoms with Crippen molar-refractivity contribution in [2.45, 2.75) is 44.7 Å². The molecule has 1 aromatic heterocycles. The summed E-state index contributed by atoms with van der Waals surface area (Å²) >= 11 is 1.45. The van der Waals surface area contributed by atoms with Crippen molar-refractivity contribution in [1.82, 2.24) is 9.55 Å². The molecule has 124 valence electrons. The van der Waals surface area contributed by atoms with E-state index in [1.807, 2.05) is 17.8 Å². The molecule has 0 aliphatic heterocycles. The fraction of sp³-hybridized carbons (Fsp3) is 0.444. The van der Waals surface area contributed by atoms with Crippen LogP contribution in [0.3, 0.4) is 0 Å². The number of para-hydroxylation sites is 1. The lowest BCUT2D eigenvalue weighted by Gasteiger charge is -2.20. The number of rotatable bonds is 6. The average molecular weight is 331 g/mol. The number of carbonyl (C=O) groups is 1. The minimum atomic E-state index is 0.00741. The van der Waals surface area contributed by atoms with E-state index in [-0.39, 0.29) is 5.91 Å². The minimum Gasteiger partial charge on any atom is -0.329 e. The number of thioether (sulfide) groups is 1. The smallest absolute Gasteiger partial charge is 0.234 e. The molecule has 0 saturated carbocycles. The molecule has 0 saturated heterocycles. The van der Waals surface area contributed by atoms with E-state index >= 15 is 0 Å². The summed E-state index contributed by atoms with van der Waals surface area (Å²) in [5.74, 6) is 1.10. The second-order valence-corrected chi connectivity index (χ2v) is 7.22. The molecule has 2 rings (SSSR count). The third-order valence-corrected chi connectivity index (χ3v) is 4.80. The van der Waals surface area contributed by atoms with E-state index in [2.05, 4.69) is 56.2 Å². The molecule has 1 N–H and O–H groups in total. The summed E-state index contributed by atoms with van der Waals surface area (Å²) in [5.41, 5.74) is 3.35. The quantitative estimate of drug-likeness (QED) is 0.798. The van der Waals surface area contributed by atoms with Gasteiger partial charge in [0.2, 0.25) is 5.91 Å². The van der Waals surface area contributed by atoms with Crippen molar-refractivity contribution in [3.63, 3.8) is 0 Å². The first-order chi connectivity index (χ1) is 10.9. The topological polar surface area (TPSA) is 46.9 Å². The summed E-state index contributed by atoms with van der Waals surface area (Å²) in [6.45, 7) is 8.60. The molecule has 1 amide bonds. The Hall–Kier alpha value is -1.75. The summed E-state index contributed by atoms with van der Waals surface area (Å²) in [6, 6.07) is 6.26. The number of amides is 1. The Kier molecular flexibility index (Phi) is 5.88. The molecular formula is C18H25N3OS. The summed E-state index contributed by atoms with van der Waals surface area (Å²) in [4.78, 5) is 16.6. The molecule has 0 fully saturated rings. The van der Waals surface area contributed by atoms with Gasteiger partial charge in [-0.3, -0.25) is 4.79 Å². The number of benzene rings is 1. The van der Waals surface area contributed by atoms with Crippen LogP contribution in [-0.2, 0) is 11.8 Å². The molecule has 1 heterocycles. The normalized spacial score (nSPS) is 11.3. The predicted octanol–water partition coefficient (Wildman–Crippen LogP) is 4.40. The Labute approximate surface area is 142 Å². The van der Waals surface area contributed by atoms with E-state index < -0.39 is 0 Å². The fourth-order valence-electron chi connectivity index (χ4n) is 2.49. The highest BCUT2D eigenvalue weighted by atomic mass is 32.2. The van der Waals surface area contributed by atoms with E-state index in [0.29, 0.717) is 17.6 Å². The van der Waals surface area contributed by atoms with Crippen LogP contribution >= 0.6 is 11.8 Å². The lowest BCUT2D eigenvalue weighted by molar-refractivity contribution is -0.113. The summed E-state index contributed by atoms with van der Waals surface area (Å²) in [5, 5.41) is 3.98. The highest BCUT2D eigenvalue weighted by Gasteiger charge is 2.16. The van der Waals surface area contributed by atoms with Gasteiger partial charge in [-0.1, -0.05) is 57.7 Å². The van der Waals surface area contributed by atoms with Gasteiger partial charge in [-0.05, 0) is 23.0 Å². The van der Waals surface area contributed by atoms with Gasteiger partial charge >= 0.3 is 0 Å². The number of hydrogen-bond donors (Lipinski definition) is 1. The molecule has 4 nitrogen and oxygen atoms in total. The van der Waals surface area contributed by atoms with E-state index in [1.54, 1.807) is 6.20 Å². The van der Waals surface area contributed by atoms with Crippen molar-refractivity contribution in [2.75, 3.05) is 11.1 Å². The minimum absolute atomic E-state index is 0.00741. The summed E-state index contributed by atoms with van der Waals surface area (Å²) in [7, 11) is 1.93. The highest BCUT2D eigenvalue weighted by Crippen LogP contribution is 2.32. The maximum Gasteiger partial charge on any atom is 0.234 e. The molecule has 0 atom stereocenters. The van der Waals surface area contributed by atoms with Gasteiger partial charge in [0.1, 0.15) is 0 Å². The van der Waals surface area contributed by atoms with Crippen LogP contribution in [0.5, 0.6) is 0 Å². The highest BCUT2D eigenvalue weighted by molar-refractivity contribution is 7.99. The molecule has 0 radical (unpaired) electrons. The first-order valence-corrected chi connectivity index (χ1v) is 8.91. The monoisotopic (exact) mass is 331 g/mol. The van der Waals surface area contributed by atoms with Gasteiger partial charge in [0.25, 0.3) is 0 Å². The lowest BCUT2D eigenvalue weighted by atomic mass is 9.92. The van der Waals surface area contributed by atoms with Crippen LogP contribution in [0.1, 0.15) is 50.7 Å². The number of carbonyl (C=O) groups excluding carboxylic acids is 1. The maximum atomic E-state index is 12.4. The van der Waals surface area contributed by atoms with Crippen LogP contribution in [0.2, 0.25) is 0 Å². The van der Waals surface area contributed by atoms with Gasteiger partial charge in [0.15, 0.2) is 5.16 Å². The maximum absolute atomic E-state index is 12.4. The number of anilines is 1. The molecule has 2 aromatic rings. The van der Waals surface area contributed by atoms with Crippen molar-refractivity contribution in [3.05, 3.63) is 41.7 Å². The summed E-state index contributed by atoms with van der Waals surface area (Å²) < 4.78 is 1.92. The van der Waals surface area contributed by atoms with Crippen LogP contribution in [0.4, 0.5) is 5.69 Å².